The molecule has 1 aromatic rings. The Bertz CT molecular complexity index is 440. The first-order valence-corrected chi connectivity index (χ1v) is 5.60. The van der Waals surface area contributed by atoms with Crippen LogP contribution in [0.3, 0.4) is 0 Å². The third kappa shape index (κ3) is 2.01. The molecule has 0 aliphatic heterocycles. The third-order valence-corrected chi connectivity index (χ3v) is 3.20. The minimum atomic E-state index is -0.181. The number of rotatable bonds is 1. The van der Waals surface area contributed by atoms with Gasteiger partial charge >= 0.3 is 0 Å². The van der Waals surface area contributed by atoms with Crippen LogP contribution in [-0.2, 0) is 4.79 Å². The highest BCUT2D eigenvalue weighted by Crippen LogP contribution is 2.37. The number of nitrogen functional groups attached to an aromatic ring is 1. The fourth-order valence-corrected chi connectivity index (χ4v) is 2.04. The van der Waals surface area contributed by atoms with Crippen LogP contribution in [0.4, 0.5) is 5.69 Å². The van der Waals surface area contributed by atoms with Crippen molar-refractivity contribution in [3.63, 3.8) is 0 Å². The number of allylic oxidation sites excluding steroid dienone is 1. The minimum absolute atomic E-state index is 0.181. The fourth-order valence-electron chi connectivity index (χ4n) is 2.04. The second kappa shape index (κ2) is 3.78. The van der Waals surface area contributed by atoms with Crippen LogP contribution in [0.25, 0.3) is 6.08 Å². The van der Waals surface area contributed by atoms with E-state index in [4.69, 9.17) is 5.73 Å². The average Bonchev–Trinajstić information content (AvgIpc) is 2.49. The first-order valence-electron chi connectivity index (χ1n) is 5.60. The van der Waals surface area contributed by atoms with Gasteiger partial charge in [0, 0.05) is 11.1 Å². The van der Waals surface area contributed by atoms with Crippen LogP contribution >= 0.6 is 0 Å². The molecular weight excluding hydrogens is 198 g/mol. The van der Waals surface area contributed by atoms with Crippen LogP contribution in [0, 0.1) is 5.41 Å². The highest BCUT2D eigenvalue weighted by atomic mass is 16.1. The van der Waals surface area contributed by atoms with E-state index in [1.165, 1.54) is 0 Å². The highest BCUT2D eigenvalue weighted by molar-refractivity contribution is 6.05. The molecule has 1 aliphatic rings. The van der Waals surface area contributed by atoms with Gasteiger partial charge in [0.25, 0.3) is 0 Å². The van der Waals surface area contributed by atoms with Gasteiger partial charge in [0.05, 0.1) is 0 Å². The lowest BCUT2D eigenvalue weighted by Crippen LogP contribution is -2.17. The van der Waals surface area contributed by atoms with Crippen LogP contribution in [0.1, 0.15) is 32.3 Å². The minimum Gasteiger partial charge on any atom is -0.399 e. The normalized spacial score (nSPS) is 21.6. The van der Waals surface area contributed by atoms with Crippen molar-refractivity contribution < 1.29 is 4.79 Å². The zero-order chi connectivity index (χ0) is 11.8. The van der Waals surface area contributed by atoms with E-state index in [2.05, 4.69) is 0 Å². The van der Waals surface area contributed by atoms with E-state index in [9.17, 15) is 4.79 Å². The standard InChI is InChI=1S/C14H17NO/c1-14(2)8-7-11(13(14)16)9-10-3-5-12(15)6-4-10/h3-6,9H,7-8,15H2,1-2H3. The first kappa shape index (κ1) is 10.9. The van der Waals surface area contributed by atoms with E-state index in [0.717, 1.165) is 29.7 Å². The summed E-state index contributed by atoms with van der Waals surface area (Å²) in [5, 5.41) is 0. The van der Waals surface area contributed by atoms with E-state index >= 15 is 0 Å². The van der Waals surface area contributed by atoms with Crippen LogP contribution in [0.2, 0.25) is 0 Å². The number of nitrogens with two attached hydrogens (primary N) is 1. The van der Waals surface area contributed by atoms with Crippen molar-refractivity contribution >= 4 is 17.5 Å². The molecule has 1 fully saturated rings. The molecule has 2 rings (SSSR count). The summed E-state index contributed by atoms with van der Waals surface area (Å²) in [6.07, 6.45) is 3.82. The lowest BCUT2D eigenvalue weighted by molar-refractivity contribution is -0.121. The summed E-state index contributed by atoms with van der Waals surface area (Å²) in [6.45, 7) is 4.03. The first-order chi connectivity index (χ1) is 7.49. The van der Waals surface area contributed by atoms with E-state index in [1.54, 1.807) is 0 Å². The topological polar surface area (TPSA) is 43.1 Å². The second-order valence-electron chi connectivity index (χ2n) is 5.05. The van der Waals surface area contributed by atoms with Crippen molar-refractivity contribution in [3.8, 4) is 0 Å². The molecule has 1 aromatic carbocycles. The molecule has 0 saturated heterocycles. The molecule has 0 atom stereocenters. The second-order valence-corrected chi connectivity index (χ2v) is 5.05. The fraction of sp³-hybridized carbons (Fsp3) is 0.357. The molecule has 1 aliphatic carbocycles. The summed E-state index contributed by atoms with van der Waals surface area (Å²) >= 11 is 0. The zero-order valence-corrected chi connectivity index (χ0v) is 9.79. The molecule has 0 heterocycles. The highest BCUT2D eigenvalue weighted by Gasteiger charge is 2.36. The lowest BCUT2D eigenvalue weighted by Gasteiger charge is -2.12. The third-order valence-electron chi connectivity index (χ3n) is 3.20. The molecule has 16 heavy (non-hydrogen) atoms. The Hall–Kier alpha value is -1.57. The van der Waals surface area contributed by atoms with Crippen molar-refractivity contribution in [2.45, 2.75) is 26.7 Å². The van der Waals surface area contributed by atoms with Gasteiger partial charge in [-0.25, -0.2) is 0 Å². The Balaban J connectivity index is 2.26. The zero-order valence-electron chi connectivity index (χ0n) is 9.79. The number of ketones is 1. The maximum atomic E-state index is 12.0. The van der Waals surface area contributed by atoms with E-state index in [-0.39, 0.29) is 11.2 Å². The van der Waals surface area contributed by atoms with E-state index < -0.39 is 0 Å². The van der Waals surface area contributed by atoms with Gasteiger partial charge in [0.2, 0.25) is 0 Å². The molecule has 0 spiro atoms. The Kier molecular flexibility index (Phi) is 2.58. The van der Waals surface area contributed by atoms with Gasteiger partial charge in [0.15, 0.2) is 5.78 Å². The number of carbonyl (C=O) groups is 1. The van der Waals surface area contributed by atoms with Crippen molar-refractivity contribution in [2.75, 3.05) is 5.73 Å². The maximum Gasteiger partial charge on any atom is 0.164 e. The van der Waals surface area contributed by atoms with Crippen molar-refractivity contribution in [1.29, 1.82) is 0 Å². The summed E-state index contributed by atoms with van der Waals surface area (Å²) in [5.74, 6) is 0.282. The average molecular weight is 215 g/mol. The van der Waals surface area contributed by atoms with Gasteiger partial charge < -0.3 is 5.73 Å². The molecule has 0 bridgehead atoms. The number of benzene rings is 1. The summed E-state index contributed by atoms with van der Waals surface area (Å²) in [4.78, 5) is 12.0. The Morgan fingerprint density at radius 3 is 2.38 bits per heavy atom. The van der Waals surface area contributed by atoms with Gasteiger partial charge in [0.1, 0.15) is 0 Å². The molecule has 0 aromatic heterocycles. The molecule has 0 amide bonds. The predicted octanol–water partition coefficient (Wildman–Crippen LogP) is 3.04. The Morgan fingerprint density at radius 2 is 1.88 bits per heavy atom. The van der Waals surface area contributed by atoms with Crippen molar-refractivity contribution in [1.82, 2.24) is 0 Å². The molecule has 1 saturated carbocycles. The van der Waals surface area contributed by atoms with Crippen LogP contribution in [-0.4, -0.2) is 5.78 Å². The maximum absolute atomic E-state index is 12.0. The Morgan fingerprint density at radius 1 is 1.25 bits per heavy atom. The van der Waals surface area contributed by atoms with Gasteiger partial charge in [-0.1, -0.05) is 26.0 Å². The van der Waals surface area contributed by atoms with Crippen LogP contribution in [0.15, 0.2) is 29.8 Å². The van der Waals surface area contributed by atoms with Gasteiger partial charge in [-0.3, -0.25) is 4.79 Å². The lowest BCUT2D eigenvalue weighted by atomic mass is 9.90. The SMILES string of the molecule is CC1(C)CCC(=Cc2ccc(N)cc2)C1=O. The summed E-state index contributed by atoms with van der Waals surface area (Å²) in [7, 11) is 0. The number of hydrogen-bond donors (Lipinski definition) is 1. The summed E-state index contributed by atoms with van der Waals surface area (Å²) in [6, 6.07) is 7.61. The van der Waals surface area contributed by atoms with Crippen LogP contribution < -0.4 is 5.73 Å². The number of hydrogen-bond acceptors (Lipinski definition) is 2. The molecule has 2 N–H and O–H groups in total. The molecule has 0 radical (unpaired) electrons. The van der Waals surface area contributed by atoms with E-state index in [0.29, 0.717) is 0 Å². The quantitative estimate of drug-likeness (QED) is 0.578. The summed E-state index contributed by atoms with van der Waals surface area (Å²) < 4.78 is 0. The monoisotopic (exact) mass is 215 g/mol. The largest absolute Gasteiger partial charge is 0.399 e. The van der Waals surface area contributed by atoms with Crippen LogP contribution in [0.5, 0.6) is 0 Å². The van der Waals surface area contributed by atoms with Gasteiger partial charge in [-0.15, -0.1) is 0 Å². The van der Waals surface area contributed by atoms with E-state index in [1.807, 2.05) is 44.2 Å². The summed E-state index contributed by atoms with van der Waals surface area (Å²) in [5.41, 5.74) is 8.18. The van der Waals surface area contributed by atoms with Crippen molar-refractivity contribution in [2.24, 2.45) is 5.41 Å². The molecule has 2 nitrogen and oxygen atoms in total. The van der Waals surface area contributed by atoms with Gasteiger partial charge in [-0.05, 0) is 42.2 Å². The molecule has 0 unspecified atom stereocenters. The number of carbonyl (C=O) groups excluding carboxylic acids is 1. The number of Topliss-reactive ketones (excluding diaryl/α,β-unsaturated/α-hetero) is 1. The Labute approximate surface area is 96.2 Å². The van der Waals surface area contributed by atoms with Gasteiger partial charge in [-0.2, -0.15) is 0 Å². The molecular formula is C14H17NO. The smallest absolute Gasteiger partial charge is 0.164 e. The molecule has 2 heteroatoms. The number of anilines is 1. The molecule has 84 valence electrons. The predicted molar refractivity (Wildman–Crippen MR) is 66.9 cm³/mol. The van der Waals surface area contributed by atoms with Crippen molar-refractivity contribution in [3.05, 3.63) is 35.4 Å².